The van der Waals surface area contributed by atoms with E-state index in [1.165, 1.54) is 16.5 Å². The van der Waals surface area contributed by atoms with Gasteiger partial charge in [0.2, 0.25) is 5.89 Å². The molecule has 2 heterocycles. The molecule has 1 unspecified atom stereocenters. The zero-order valence-electron chi connectivity index (χ0n) is 10.9. The van der Waals surface area contributed by atoms with Crippen molar-refractivity contribution in [2.24, 2.45) is 0 Å². The Kier molecular flexibility index (Phi) is 2.75. The third-order valence-electron chi connectivity index (χ3n) is 3.66. The van der Waals surface area contributed by atoms with Crippen LogP contribution >= 0.6 is 11.8 Å². The van der Waals surface area contributed by atoms with Gasteiger partial charge in [0, 0.05) is 10.6 Å². The lowest BCUT2D eigenvalue weighted by atomic mass is 10.0. The Labute approximate surface area is 124 Å². The van der Waals surface area contributed by atoms with Crippen LogP contribution in [-0.2, 0) is 0 Å². The fraction of sp³-hybridized carbons (Fsp3) is 0.125. The van der Waals surface area contributed by atoms with Gasteiger partial charge in [-0.25, -0.2) is 9.78 Å². The second-order valence-corrected chi connectivity index (χ2v) is 5.97. The van der Waals surface area contributed by atoms with Gasteiger partial charge in [-0.15, -0.1) is 11.8 Å². The summed E-state index contributed by atoms with van der Waals surface area (Å²) in [7, 11) is 0. The van der Waals surface area contributed by atoms with Crippen LogP contribution in [-0.4, -0.2) is 21.8 Å². The zero-order chi connectivity index (χ0) is 14.4. The molecule has 0 saturated heterocycles. The molecule has 1 aliphatic rings. The lowest BCUT2D eigenvalue weighted by Gasteiger charge is -2.04. The predicted octanol–water partition coefficient (Wildman–Crippen LogP) is 3.76. The van der Waals surface area contributed by atoms with Crippen molar-refractivity contribution in [2.75, 3.05) is 5.75 Å². The largest absolute Gasteiger partial charge is 0.478 e. The Morgan fingerprint density at radius 2 is 2.10 bits per heavy atom. The van der Waals surface area contributed by atoms with Crippen molar-refractivity contribution in [1.82, 2.24) is 4.98 Å². The molecule has 2 aromatic carbocycles. The van der Waals surface area contributed by atoms with Crippen molar-refractivity contribution < 1.29 is 14.3 Å². The molecule has 0 amide bonds. The van der Waals surface area contributed by atoms with E-state index >= 15 is 0 Å². The van der Waals surface area contributed by atoms with Crippen molar-refractivity contribution in [3.8, 4) is 0 Å². The van der Waals surface area contributed by atoms with Gasteiger partial charge in [-0.05, 0) is 23.8 Å². The molecular formula is C16H11NO3S. The molecule has 3 aromatic rings. The van der Waals surface area contributed by atoms with E-state index in [0.29, 0.717) is 17.0 Å². The van der Waals surface area contributed by atoms with Crippen LogP contribution in [0.1, 0.15) is 27.7 Å². The first-order valence-corrected chi connectivity index (χ1v) is 7.57. The van der Waals surface area contributed by atoms with Gasteiger partial charge in [-0.2, -0.15) is 0 Å². The first-order chi connectivity index (χ1) is 10.2. The number of benzene rings is 2. The minimum absolute atomic E-state index is 0.0836. The first kappa shape index (κ1) is 12.5. The lowest BCUT2D eigenvalue weighted by molar-refractivity contribution is 0.0698. The Hall–Kier alpha value is -2.27. The van der Waals surface area contributed by atoms with Crippen molar-refractivity contribution in [1.29, 1.82) is 0 Å². The molecule has 4 rings (SSSR count). The van der Waals surface area contributed by atoms with Crippen LogP contribution in [0, 0.1) is 0 Å². The number of oxazole rings is 1. The number of carbonyl (C=O) groups is 1. The maximum Gasteiger partial charge on any atom is 0.339 e. The second kappa shape index (κ2) is 4.63. The highest BCUT2D eigenvalue weighted by Gasteiger charge is 2.29. The van der Waals surface area contributed by atoms with Crippen LogP contribution < -0.4 is 0 Å². The Balaban J connectivity index is 1.86. The number of carboxylic acids is 1. The third kappa shape index (κ3) is 1.93. The molecule has 104 valence electrons. The summed E-state index contributed by atoms with van der Waals surface area (Å²) in [5.41, 5.74) is 2.31. The summed E-state index contributed by atoms with van der Waals surface area (Å²) in [6.45, 7) is 0. The molecule has 1 aliphatic heterocycles. The number of nitrogens with zero attached hydrogens (tertiary/aromatic N) is 1. The summed E-state index contributed by atoms with van der Waals surface area (Å²) >= 11 is 1.77. The van der Waals surface area contributed by atoms with E-state index in [-0.39, 0.29) is 11.5 Å². The lowest BCUT2D eigenvalue weighted by Crippen LogP contribution is -1.99. The molecule has 4 nitrogen and oxygen atoms in total. The average Bonchev–Trinajstić information content (AvgIpc) is 3.09. The van der Waals surface area contributed by atoms with Crippen LogP contribution in [0.5, 0.6) is 0 Å². The van der Waals surface area contributed by atoms with Gasteiger partial charge >= 0.3 is 5.97 Å². The normalized spacial score (nSPS) is 17.0. The standard InChI is InChI=1S/C16H11NO3S/c18-16(19)10-5-3-6-12-14(10)20-15(17-12)11-8-21-13-7-2-1-4-9(11)13/h1-7,11H,8H2,(H,18,19). The summed E-state index contributed by atoms with van der Waals surface area (Å²) < 4.78 is 5.80. The number of hydrogen-bond acceptors (Lipinski definition) is 4. The Morgan fingerprint density at radius 1 is 1.24 bits per heavy atom. The smallest absolute Gasteiger partial charge is 0.339 e. The Morgan fingerprint density at radius 3 is 2.95 bits per heavy atom. The van der Waals surface area contributed by atoms with Crippen LogP contribution in [0.15, 0.2) is 51.8 Å². The molecule has 1 aromatic heterocycles. The molecule has 1 N–H and O–H groups in total. The summed E-state index contributed by atoms with van der Waals surface area (Å²) in [6, 6.07) is 13.2. The highest BCUT2D eigenvalue weighted by molar-refractivity contribution is 7.99. The van der Waals surface area contributed by atoms with Gasteiger partial charge in [0.1, 0.15) is 11.1 Å². The number of aromatic carboxylic acids is 1. The van der Waals surface area contributed by atoms with Gasteiger partial charge < -0.3 is 9.52 Å². The maximum atomic E-state index is 11.3. The molecular weight excluding hydrogens is 286 g/mol. The van der Waals surface area contributed by atoms with Crippen LogP contribution in [0.3, 0.4) is 0 Å². The molecule has 0 radical (unpaired) electrons. The van der Waals surface area contributed by atoms with E-state index in [1.807, 2.05) is 12.1 Å². The van der Waals surface area contributed by atoms with E-state index in [2.05, 4.69) is 17.1 Å². The molecule has 0 saturated carbocycles. The highest BCUT2D eigenvalue weighted by atomic mass is 32.2. The molecule has 0 aliphatic carbocycles. The topological polar surface area (TPSA) is 63.3 Å². The monoisotopic (exact) mass is 297 g/mol. The molecule has 0 fully saturated rings. The summed E-state index contributed by atoms with van der Waals surface area (Å²) in [6.07, 6.45) is 0. The number of para-hydroxylation sites is 1. The number of aromatic nitrogens is 1. The number of thioether (sulfide) groups is 1. The SMILES string of the molecule is O=C(O)c1cccc2nc(C3CSc4ccccc43)oc12. The summed E-state index contributed by atoms with van der Waals surface area (Å²) in [4.78, 5) is 17.0. The maximum absolute atomic E-state index is 11.3. The molecule has 0 bridgehead atoms. The van der Waals surface area contributed by atoms with Gasteiger partial charge in [0.25, 0.3) is 0 Å². The Bertz CT molecular complexity index is 856. The second-order valence-electron chi connectivity index (χ2n) is 4.91. The molecule has 0 spiro atoms. The molecule has 1 atom stereocenters. The minimum atomic E-state index is -0.996. The minimum Gasteiger partial charge on any atom is -0.478 e. The van der Waals surface area contributed by atoms with E-state index in [4.69, 9.17) is 4.42 Å². The highest BCUT2D eigenvalue weighted by Crippen LogP contribution is 2.43. The van der Waals surface area contributed by atoms with Crippen molar-refractivity contribution in [2.45, 2.75) is 10.8 Å². The van der Waals surface area contributed by atoms with Gasteiger partial charge in [-0.3, -0.25) is 0 Å². The van der Waals surface area contributed by atoms with Crippen LogP contribution in [0.25, 0.3) is 11.1 Å². The van der Waals surface area contributed by atoms with E-state index < -0.39 is 5.97 Å². The van der Waals surface area contributed by atoms with Gasteiger partial charge in [0.15, 0.2) is 5.58 Å². The number of hydrogen-bond donors (Lipinski definition) is 1. The summed E-state index contributed by atoms with van der Waals surface area (Å²) in [5.74, 6) is 0.551. The fourth-order valence-corrected chi connectivity index (χ4v) is 3.87. The third-order valence-corrected chi connectivity index (χ3v) is 4.84. The van der Waals surface area contributed by atoms with E-state index in [9.17, 15) is 9.90 Å². The number of carboxylic acid groups (broad SMARTS) is 1. The fourth-order valence-electron chi connectivity index (χ4n) is 2.65. The van der Waals surface area contributed by atoms with Crippen LogP contribution in [0.2, 0.25) is 0 Å². The van der Waals surface area contributed by atoms with Crippen LogP contribution in [0.4, 0.5) is 0 Å². The van der Waals surface area contributed by atoms with E-state index in [0.717, 1.165) is 5.75 Å². The summed E-state index contributed by atoms with van der Waals surface area (Å²) in [5, 5.41) is 9.22. The first-order valence-electron chi connectivity index (χ1n) is 6.58. The number of rotatable bonds is 2. The predicted molar refractivity (Wildman–Crippen MR) is 80.0 cm³/mol. The number of fused-ring (bicyclic) bond motifs is 2. The zero-order valence-corrected chi connectivity index (χ0v) is 11.8. The average molecular weight is 297 g/mol. The molecule has 5 heteroatoms. The quantitative estimate of drug-likeness (QED) is 0.780. The van der Waals surface area contributed by atoms with Gasteiger partial charge in [0.05, 0.1) is 5.92 Å². The van der Waals surface area contributed by atoms with E-state index in [1.54, 1.807) is 23.9 Å². The van der Waals surface area contributed by atoms with Crippen molar-refractivity contribution >= 4 is 28.8 Å². The van der Waals surface area contributed by atoms with Crippen molar-refractivity contribution in [3.05, 3.63) is 59.5 Å². The van der Waals surface area contributed by atoms with Gasteiger partial charge in [-0.1, -0.05) is 24.3 Å². The molecule has 21 heavy (non-hydrogen) atoms. The van der Waals surface area contributed by atoms with Crippen molar-refractivity contribution in [3.63, 3.8) is 0 Å².